The largest absolute Gasteiger partial charge is 0.465 e. The summed E-state index contributed by atoms with van der Waals surface area (Å²) in [6, 6.07) is 6.75. The Labute approximate surface area is 142 Å². The van der Waals surface area contributed by atoms with Crippen molar-refractivity contribution >= 4 is 5.91 Å². The van der Waals surface area contributed by atoms with Gasteiger partial charge in [-0.25, -0.2) is 0 Å². The van der Waals surface area contributed by atoms with Gasteiger partial charge in [-0.05, 0) is 50.5 Å². The zero-order chi connectivity index (χ0) is 16.7. The number of likely N-dealkylation sites (tertiary alicyclic amines) is 2. The van der Waals surface area contributed by atoms with E-state index in [4.69, 9.17) is 4.42 Å². The summed E-state index contributed by atoms with van der Waals surface area (Å²) in [5.41, 5.74) is 1.73. The van der Waals surface area contributed by atoms with Crippen LogP contribution < -0.4 is 0 Å². The molecule has 1 amide bonds. The molecule has 2 fully saturated rings. The fraction of sp³-hybridized carbons (Fsp3) is 0.474. The van der Waals surface area contributed by atoms with Gasteiger partial charge < -0.3 is 9.32 Å². The van der Waals surface area contributed by atoms with Crippen molar-refractivity contribution in [3.05, 3.63) is 53.2 Å². The zero-order valence-electron chi connectivity index (χ0n) is 14.2. The summed E-state index contributed by atoms with van der Waals surface area (Å²) >= 11 is 0. The van der Waals surface area contributed by atoms with E-state index in [9.17, 15) is 4.79 Å². The number of amides is 1. The van der Waals surface area contributed by atoms with Gasteiger partial charge in [0, 0.05) is 37.6 Å². The molecule has 0 aromatic carbocycles. The second-order valence-corrected chi connectivity index (χ2v) is 6.94. The average Bonchev–Trinajstić information content (AvgIpc) is 3.25. The first-order chi connectivity index (χ1) is 11.6. The smallest absolute Gasteiger partial charge is 0.255 e. The van der Waals surface area contributed by atoms with Crippen molar-refractivity contribution in [1.29, 1.82) is 0 Å². The molecule has 2 aromatic rings. The maximum absolute atomic E-state index is 12.9. The van der Waals surface area contributed by atoms with Crippen LogP contribution in [0.5, 0.6) is 0 Å². The average molecular weight is 325 g/mol. The molecule has 0 aliphatic carbocycles. The molecule has 2 aliphatic rings. The first-order valence-corrected chi connectivity index (χ1v) is 8.64. The van der Waals surface area contributed by atoms with Crippen LogP contribution >= 0.6 is 0 Å². The van der Waals surface area contributed by atoms with Crippen LogP contribution in [0.3, 0.4) is 0 Å². The Hall–Kier alpha value is -2.14. The van der Waals surface area contributed by atoms with Gasteiger partial charge in [0.05, 0.1) is 12.1 Å². The molecule has 0 bridgehead atoms. The molecule has 2 saturated heterocycles. The highest BCUT2D eigenvalue weighted by atomic mass is 16.3. The second kappa shape index (κ2) is 6.06. The number of aryl methyl sites for hydroxylation is 2. The van der Waals surface area contributed by atoms with E-state index in [0.29, 0.717) is 17.6 Å². The molecule has 126 valence electrons. The highest BCUT2D eigenvalue weighted by Crippen LogP contribution is 2.33. The highest BCUT2D eigenvalue weighted by molar-refractivity contribution is 5.94. The summed E-state index contributed by atoms with van der Waals surface area (Å²) in [6.45, 7) is 6.63. The molecule has 2 aliphatic heterocycles. The molecule has 0 radical (unpaired) electrons. The SMILES string of the molecule is Cc1cncc(C(=O)N2CC[C@@H]3[C@@H]2CCN3Cc2ccc(C)o2)c1. The van der Waals surface area contributed by atoms with Crippen molar-refractivity contribution < 1.29 is 9.21 Å². The summed E-state index contributed by atoms with van der Waals surface area (Å²) in [5, 5.41) is 0. The molecule has 5 nitrogen and oxygen atoms in total. The van der Waals surface area contributed by atoms with Crippen molar-refractivity contribution in [2.75, 3.05) is 13.1 Å². The maximum atomic E-state index is 12.9. The summed E-state index contributed by atoms with van der Waals surface area (Å²) in [5.74, 6) is 2.09. The first kappa shape index (κ1) is 15.4. The lowest BCUT2D eigenvalue weighted by atomic mass is 10.1. The van der Waals surface area contributed by atoms with Crippen molar-refractivity contribution in [2.24, 2.45) is 0 Å². The zero-order valence-corrected chi connectivity index (χ0v) is 14.2. The fourth-order valence-corrected chi connectivity index (χ4v) is 4.13. The van der Waals surface area contributed by atoms with Gasteiger partial charge in [0.1, 0.15) is 11.5 Å². The van der Waals surface area contributed by atoms with Gasteiger partial charge in [0.2, 0.25) is 0 Å². The van der Waals surface area contributed by atoms with Gasteiger partial charge in [0.15, 0.2) is 0 Å². The lowest BCUT2D eigenvalue weighted by molar-refractivity contribution is 0.0731. The number of nitrogens with zero attached hydrogens (tertiary/aromatic N) is 3. The third-order valence-electron chi connectivity index (χ3n) is 5.23. The lowest BCUT2D eigenvalue weighted by Gasteiger charge is -2.25. The van der Waals surface area contributed by atoms with E-state index in [-0.39, 0.29) is 5.91 Å². The Kier molecular flexibility index (Phi) is 3.88. The van der Waals surface area contributed by atoms with Crippen molar-refractivity contribution in [3.8, 4) is 0 Å². The van der Waals surface area contributed by atoms with Crippen LogP contribution in [0.4, 0.5) is 0 Å². The molecule has 0 saturated carbocycles. The molecule has 0 unspecified atom stereocenters. The Morgan fingerprint density at radius 1 is 1.21 bits per heavy atom. The molecule has 4 heterocycles. The third-order valence-corrected chi connectivity index (χ3v) is 5.23. The Morgan fingerprint density at radius 3 is 2.79 bits per heavy atom. The predicted octanol–water partition coefficient (Wildman–Crippen LogP) is 2.78. The normalized spacial score (nSPS) is 23.7. The van der Waals surface area contributed by atoms with Crippen LogP contribution in [0.15, 0.2) is 35.0 Å². The molecule has 0 spiro atoms. The van der Waals surface area contributed by atoms with Crippen LogP contribution in [0, 0.1) is 13.8 Å². The molecule has 0 N–H and O–H groups in total. The maximum Gasteiger partial charge on any atom is 0.255 e. The highest BCUT2D eigenvalue weighted by Gasteiger charge is 2.44. The van der Waals surface area contributed by atoms with Gasteiger partial charge in [-0.1, -0.05) is 0 Å². The van der Waals surface area contributed by atoms with E-state index in [1.54, 1.807) is 12.4 Å². The second-order valence-electron chi connectivity index (χ2n) is 6.94. The van der Waals surface area contributed by atoms with E-state index in [1.807, 2.05) is 26.0 Å². The third kappa shape index (κ3) is 2.73. The summed E-state index contributed by atoms with van der Waals surface area (Å²) in [4.78, 5) is 21.5. The lowest BCUT2D eigenvalue weighted by Crippen LogP contribution is -2.39. The Balaban J connectivity index is 1.47. The van der Waals surface area contributed by atoms with Gasteiger partial charge >= 0.3 is 0 Å². The van der Waals surface area contributed by atoms with E-state index in [2.05, 4.69) is 20.9 Å². The van der Waals surface area contributed by atoms with Crippen molar-refractivity contribution in [1.82, 2.24) is 14.8 Å². The van der Waals surface area contributed by atoms with Gasteiger partial charge in [-0.15, -0.1) is 0 Å². The monoisotopic (exact) mass is 325 g/mol. The molecular formula is C19H23N3O2. The standard InChI is InChI=1S/C19H23N3O2/c1-13-9-15(11-20-10-13)19(23)22-8-6-17-18(22)5-7-21(17)12-16-4-3-14(2)24-16/h3-4,9-11,17-18H,5-8,12H2,1-2H3/t17-,18+/m1/s1. The minimum atomic E-state index is 0.120. The van der Waals surface area contributed by atoms with Crippen LogP contribution in [-0.4, -0.2) is 45.9 Å². The Bertz CT molecular complexity index is 755. The molecule has 24 heavy (non-hydrogen) atoms. The minimum Gasteiger partial charge on any atom is -0.465 e. The number of hydrogen-bond donors (Lipinski definition) is 0. The van der Waals surface area contributed by atoms with Crippen LogP contribution in [0.25, 0.3) is 0 Å². The summed E-state index contributed by atoms with van der Waals surface area (Å²) < 4.78 is 5.72. The molecular weight excluding hydrogens is 302 g/mol. The van der Waals surface area contributed by atoms with Crippen LogP contribution in [-0.2, 0) is 6.54 Å². The molecule has 4 rings (SSSR count). The number of fused-ring (bicyclic) bond motifs is 1. The summed E-state index contributed by atoms with van der Waals surface area (Å²) in [7, 11) is 0. The van der Waals surface area contributed by atoms with Gasteiger partial charge in [-0.3, -0.25) is 14.7 Å². The number of furan rings is 1. The quantitative estimate of drug-likeness (QED) is 0.871. The van der Waals surface area contributed by atoms with Gasteiger partial charge in [0.25, 0.3) is 5.91 Å². The molecule has 2 atom stereocenters. The van der Waals surface area contributed by atoms with Crippen molar-refractivity contribution in [2.45, 2.75) is 45.3 Å². The summed E-state index contributed by atoms with van der Waals surface area (Å²) in [6.07, 6.45) is 5.54. The van der Waals surface area contributed by atoms with Crippen LogP contribution in [0.2, 0.25) is 0 Å². The first-order valence-electron chi connectivity index (χ1n) is 8.64. The number of carbonyl (C=O) groups excluding carboxylic acids is 1. The van der Waals surface area contributed by atoms with E-state index < -0.39 is 0 Å². The number of rotatable bonds is 3. The van der Waals surface area contributed by atoms with E-state index >= 15 is 0 Å². The molecule has 5 heteroatoms. The number of pyridine rings is 1. The fourth-order valence-electron chi connectivity index (χ4n) is 4.13. The van der Waals surface area contributed by atoms with Crippen molar-refractivity contribution in [3.63, 3.8) is 0 Å². The topological polar surface area (TPSA) is 49.6 Å². The van der Waals surface area contributed by atoms with Crippen LogP contribution in [0.1, 0.15) is 40.3 Å². The van der Waals surface area contributed by atoms with E-state index in [1.165, 1.54) is 0 Å². The number of hydrogen-bond acceptors (Lipinski definition) is 4. The minimum absolute atomic E-state index is 0.120. The van der Waals surface area contributed by atoms with E-state index in [0.717, 1.165) is 49.6 Å². The molecule has 2 aromatic heterocycles. The Morgan fingerprint density at radius 2 is 2.04 bits per heavy atom. The predicted molar refractivity (Wildman–Crippen MR) is 90.7 cm³/mol. The number of carbonyl (C=O) groups is 1. The van der Waals surface area contributed by atoms with Gasteiger partial charge in [-0.2, -0.15) is 0 Å². The number of aromatic nitrogens is 1.